The number of benzene rings is 1. The smallest absolute Gasteiger partial charge is 0.135 e. The summed E-state index contributed by atoms with van der Waals surface area (Å²) in [5.41, 5.74) is 1.04. The van der Waals surface area contributed by atoms with Crippen LogP contribution in [0.5, 0.6) is 0 Å². The van der Waals surface area contributed by atoms with Crippen LogP contribution in [-0.2, 0) is 0 Å². The van der Waals surface area contributed by atoms with Gasteiger partial charge in [-0.1, -0.05) is 11.6 Å². The molecule has 1 heterocycles. The third-order valence-corrected chi connectivity index (χ3v) is 2.51. The highest BCUT2D eigenvalue weighted by Crippen LogP contribution is 2.25. The number of nitrogens with zero attached hydrogens (tertiary/aromatic N) is 1. The van der Waals surface area contributed by atoms with Crippen molar-refractivity contribution in [1.82, 2.24) is 4.98 Å². The molecule has 0 aliphatic heterocycles. The SMILES string of the molecule is C[C@@H](O)c1cc2ccc(F)cc2nc1Cl. The second kappa shape index (κ2) is 3.76. The fourth-order valence-electron chi connectivity index (χ4n) is 1.43. The van der Waals surface area contributed by atoms with E-state index in [1.807, 2.05) is 0 Å². The van der Waals surface area contributed by atoms with Gasteiger partial charge in [0.1, 0.15) is 11.0 Å². The average Bonchev–Trinajstić information content (AvgIpc) is 2.15. The van der Waals surface area contributed by atoms with Crippen molar-refractivity contribution in [2.75, 3.05) is 0 Å². The van der Waals surface area contributed by atoms with E-state index in [1.54, 1.807) is 19.1 Å². The maximum absolute atomic E-state index is 12.9. The lowest BCUT2D eigenvalue weighted by Gasteiger charge is -2.08. The van der Waals surface area contributed by atoms with E-state index in [0.717, 1.165) is 5.39 Å². The molecular weight excluding hydrogens is 217 g/mol. The molecule has 0 aliphatic carbocycles. The number of hydrogen-bond donors (Lipinski definition) is 1. The van der Waals surface area contributed by atoms with Crippen LogP contribution in [0.15, 0.2) is 24.3 Å². The summed E-state index contributed by atoms with van der Waals surface area (Å²) in [6.45, 7) is 1.61. The van der Waals surface area contributed by atoms with Gasteiger partial charge in [-0.15, -0.1) is 0 Å². The first-order chi connectivity index (χ1) is 7.08. The molecule has 2 aromatic rings. The van der Waals surface area contributed by atoms with Crippen molar-refractivity contribution in [3.8, 4) is 0 Å². The molecule has 1 atom stereocenters. The third-order valence-electron chi connectivity index (χ3n) is 2.21. The molecule has 15 heavy (non-hydrogen) atoms. The van der Waals surface area contributed by atoms with Crippen LogP contribution >= 0.6 is 11.6 Å². The molecule has 2 rings (SSSR count). The van der Waals surface area contributed by atoms with Crippen LogP contribution in [0, 0.1) is 5.82 Å². The maximum Gasteiger partial charge on any atom is 0.135 e. The van der Waals surface area contributed by atoms with Crippen LogP contribution in [0.4, 0.5) is 4.39 Å². The molecule has 0 bridgehead atoms. The Morgan fingerprint density at radius 2 is 2.13 bits per heavy atom. The molecular formula is C11H9ClFNO. The number of hydrogen-bond acceptors (Lipinski definition) is 2. The first-order valence-electron chi connectivity index (χ1n) is 4.51. The van der Waals surface area contributed by atoms with Gasteiger partial charge in [0.05, 0.1) is 11.6 Å². The van der Waals surface area contributed by atoms with Gasteiger partial charge >= 0.3 is 0 Å². The van der Waals surface area contributed by atoms with Gasteiger partial charge in [-0.3, -0.25) is 0 Å². The fourth-order valence-corrected chi connectivity index (χ4v) is 1.73. The minimum atomic E-state index is -0.681. The molecule has 0 spiro atoms. The number of aliphatic hydroxyl groups excluding tert-OH is 1. The lowest BCUT2D eigenvalue weighted by Crippen LogP contribution is -1.95. The number of halogens is 2. The summed E-state index contributed by atoms with van der Waals surface area (Å²) in [7, 11) is 0. The van der Waals surface area contributed by atoms with E-state index in [-0.39, 0.29) is 11.0 Å². The van der Waals surface area contributed by atoms with E-state index in [2.05, 4.69) is 4.98 Å². The first-order valence-corrected chi connectivity index (χ1v) is 4.89. The van der Waals surface area contributed by atoms with Crippen LogP contribution < -0.4 is 0 Å². The summed E-state index contributed by atoms with van der Waals surface area (Å²) in [5, 5.41) is 10.4. The van der Waals surface area contributed by atoms with Crippen LogP contribution in [0.2, 0.25) is 5.15 Å². The van der Waals surface area contributed by atoms with Crippen molar-refractivity contribution in [2.45, 2.75) is 13.0 Å². The lowest BCUT2D eigenvalue weighted by molar-refractivity contribution is 0.199. The van der Waals surface area contributed by atoms with Crippen molar-refractivity contribution in [3.63, 3.8) is 0 Å². The number of pyridine rings is 1. The Kier molecular flexibility index (Phi) is 2.59. The minimum Gasteiger partial charge on any atom is -0.389 e. The van der Waals surface area contributed by atoms with Gasteiger partial charge in [-0.2, -0.15) is 0 Å². The van der Waals surface area contributed by atoms with Crippen molar-refractivity contribution < 1.29 is 9.50 Å². The van der Waals surface area contributed by atoms with Gasteiger partial charge in [-0.05, 0) is 25.1 Å². The zero-order chi connectivity index (χ0) is 11.0. The highest BCUT2D eigenvalue weighted by atomic mass is 35.5. The van der Waals surface area contributed by atoms with Gasteiger partial charge in [0.15, 0.2) is 0 Å². The van der Waals surface area contributed by atoms with E-state index in [9.17, 15) is 9.50 Å². The highest BCUT2D eigenvalue weighted by Gasteiger charge is 2.09. The Morgan fingerprint density at radius 1 is 1.40 bits per heavy atom. The fraction of sp³-hybridized carbons (Fsp3) is 0.182. The second-order valence-corrected chi connectivity index (χ2v) is 3.74. The molecule has 78 valence electrons. The molecule has 1 aromatic carbocycles. The highest BCUT2D eigenvalue weighted by molar-refractivity contribution is 6.30. The van der Waals surface area contributed by atoms with Gasteiger partial charge < -0.3 is 5.11 Å². The summed E-state index contributed by atoms with van der Waals surface area (Å²) in [6, 6.07) is 5.99. The van der Waals surface area contributed by atoms with Gasteiger partial charge in [0, 0.05) is 17.0 Å². The van der Waals surface area contributed by atoms with E-state index in [0.29, 0.717) is 11.1 Å². The monoisotopic (exact) mass is 225 g/mol. The van der Waals surface area contributed by atoms with E-state index < -0.39 is 6.10 Å². The molecule has 4 heteroatoms. The normalized spacial score (nSPS) is 13.1. The number of fused-ring (bicyclic) bond motifs is 1. The number of rotatable bonds is 1. The quantitative estimate of drug-likeness (QED) is 0.757. The average molecular weight is 226 g/mol. The van der Waals surface area contributed by atoms with Crippen LogP contribution in [0.25, 0.3) is 10.9 Å². The predicted octanol–water partition coefficient (Wildman–Crippen LogP) is 3.08. The van der Waals surface area contributed by atoms with Crippen LogP contribution in [-0.4, -0.2) is 10.1 Å². The minimum absolute atomic E-state index is 0.211. The number of aliphatic hydroxyl groups is 1. The Morgan fingerprint density at radius 3 is 2.80 bits per heavy atom. The zero-order valence-corrected chi connectivity index (χ0v) is 8.79. The predicted molar refractivity (Wildman–Crippen MR) is 57.3 cm³/mol. The molecule has 1 aromatic heterocycles. The summed E-state index contributed by atoms with van der Waals surface area (Å²) in [6.07, 6.45) is -0.681. The molecule has 0 unspecified atom stereocenters. The molecule has 0 radical (unpaired) electrons. The maximum atomic E-state index is 12.9. The molecule has 0 fully saturated rings. The van der Waals surface area contributed by atoms with Crippen molar-refractivity contribution in [1.29, 1.82) is 0 Å². The largest absolute Gasteiger partial charge is 0.389 e. The molecule has 1 N–H and O–H groups in total. The van der Waals surface area contributed by atoms with E-state index in [1.165, 1.54) is 12.1 Å². The summed E-state index contributed by atoms with van der Waals surface area (Å²) in [5.74, 6) is -0.351. The van der Waals surface area contributed by atoms with E-state index >= 15 is 0 Å². The molecule has 0 saturated heterocycles. The topological polar surface area (TPSA) is 33.1 Å². The van der Waals surface area contributed by atoms with E-state index in [4.69, 9.17) is 11.6 Å². The van der Waals surface area contributed by atoms with Crippen LogP contribution in [0.1, 0.15) is 18.6 Å². The Bertz CT molecular complexity index is 513. The van der Waals surface area contributed by atoms with Crippen molar-refractivity contribution >= 4 is 22.5 Å². The standard InChI is InChI=1S/C11H9ClFNO/c1-6(15)9-4-7-2-3-8(13)5-10(7)14-11(9)12/h2-6,15H,1H3/t6-/m1/s1. The van der Waals surface area contributed by atoms with Gasteiger partial charge in [0.2, 0.25) is 0 Å². The number of aromatic nitrogens is 1. The van der Waals surface area contributed by atoms with Gasteiger partial charge in [-0.25, -0.2) is 9.37 Å². The first kappa shape index (κ1) is 10.3. The Labute approximate surface area is 91.3 Å². The second-order valence-electron chi connectivity index (χ2n) is 3.38. The summed E-state index contributed by atoms with van der Waals surface area (Å²) in [4.78, 5) is 4.02. The molecule has 0 saturated carbocycles. The third kappa shape index (κ3) is 1.94. The van der Waals surface area contributed by atoms with Crippen molar-refractivity contribution in [3.05, 3.63) is 40.8 Å². The van der Waals surface area contributed by atoms with Crippen molar-refractivity contribution in [2.24, 2.45) is 0 Å². The summed E-state index contributed by atoms with van der Waals surface area (Å²) >= 11 is 5.86. The molecule has 0 amide bonds. The van der Waals surface area contributed by atoms with Gasteiger partial charge in [0.25, 0.3) is 0 Å². The zero-order valence-electron chi connectivity index (χ0n) is 8.04. The molecule has 0 aliphatic rings. The van der Waals surface area contributed by atoms with Crippen LogP contribution in [0.3, 0.4) is 0 Å². The lowest BCUT2D eigenvalue weighted by atomic mass is 10.1. The molecule has 2 nitrogen and oxygen atoms in total. The Balaban J connectivity index is 2.71. The summed E-state index contributed by atoms with van der Waals surface area (Å²) < 4.78 is 12.9. The Hall–Kier alpha value is -1.19.